The van der Waals surface area contributed by atoms with Crippen LogP contribution in [0, 0.1) is 5.92 Å². The molecule has 1 heterocycles. The average Bonchev–Trinajstić information content (AvgIpc) is 2.61. The maximum Gasteiger partial charge on any atom is 0.0466 e. The van der Waals surface area contributed by atoms with E-state index in [2.05, 4.69) is 39.6 Å². The molecule has 1 aliphatic rings. The first-order valence-electron chi connectivity index (χ1n) is 4.97. The Balaban J connectivity index is 2.45. The van der Waals surface area contributed by atoms with Crippen LogP contribution in [0.3, 0.4) is 0 Å². The largest absolute Gasteiger partial charge is 0.301 e. The molecular formula is C11H21N. The highest BCUT2D eigenvalue weighted by atomic mass is 15.2. The molecule has 0 amide bonds. The molecule has 2 atom stereocenters. The van der Waals surface area contributed by atoms with Crippen LogP contribution in [-0.4, -0.2) is 11.6 Å². The molecule has 1 rings (SSSR count). The Morgan fingerprint density at radius 3 is 2.58 bits per heavy atom. The van der Waals surface area contributed by atoms with Gasteiger partial charge >= 0.3 is 0 Å². The van der Waals surface area contributed by atoms with Gasteiger partial charge in [0, 0.05) is 11.6 Å². The van der Waals surface area contributed by atoms with E-state index >= 15 is 0 Å². The third-order valence-electron chi connectivity index (χ3n) is 2.91. The highest BCUT2D eigenvalue weighted by molar-refractivity contribution is 5.28. The molecular weight excluding hydrogens is 146 g/mol. The summed E-state index contributed by atoms with van der Waals surface area (Å²) in [6.45, 7) is 13.1. The molecule has 0 aromatic heterocycles. The Bertz CT molecular complexity index is 183. The van der Waals surface area contributed by atoms with Crippen molar-refractivity contribution in [3.05, 3.63) is 12.2 Å². The van der Waals surface area contributed by atoms with Crippen LogP contribution in [0.1, 0.15) is 40.5 Å². The number of hydrogen-bond donors (Lipinski definition) is 1. The van der Waals surface area contributed by atoms with Crippen LogP contribution in [0.2, 0.25) is 0 Å². The molecule has 1 N–H and O–H groups in total. The molecule has 1 fully saturated rings. The lowest BCUT2D eigenvalue weighted by Gasteiger charge is -2.11. The van der Waals surface area contributed by atoms with Crippen molar-refractivity contribution in [3.8, 4) is 0 Å². The zero-order valence-electron chi connectivity index (χ0n) is 8.78. The molecule has 0 spiro atoms. The van der Waals surface area contributed by atoms with E-state index in [0.717, 1.165) is 0 Å². The molecule has 0 aromatic carbocycles. The fourth-order valence-corrected chi connectivity index (χ4v) is 1.86. The third-order valence-corrected chi connectivity index (χ3v) is 2.91. The van der Waals surface area contributed by atoms with Gasteiger partial charge in [0.05, 0.1) is 0 Å². The van der Waals surface area contributed by atoms with Crippen molar-refractivity contribution in [1.82, 2.24) is 5.32 Å². The number of nitrogens with one attached hydrogen (secondary N) is 1. The predicted molar refractivity (Wildman–Crippen MR) is 54.2 cm³/mol. The minimum absolute atomic E-state index is 0.371. The van der Waals surface area contributed by atoms with Gasteiger partial charge in [0.1, 0.15) is 0 Å². The zero-order valence-corrected chi connectivity index (χ0v) is 8.78. The van der Waals surface area contributed by atoms with E-state index in [9.17, 15) is 0 Å². The monoisotopic (exact) mass is 167 g/mol. The topological polar surface area (TPSA) is 21.9 Å². The molecule has 0 aromatic rings. The van der Waals surface area contributed by atoms with Crippen molar-refractivity contribution in [3.63, 3.8) is 0 Å². The molecule has 1 nitrogen and oxygen atoms in total. The third kappa shape index (κ3) is 1.71. The van der Waals surface area contributed by atoms with Gasteiger partial charge in [-0.25, -0.2) is 0 Å². The molecule has 1 saturated heterocycles. The van der Waals surface area contributed by atoms with Crippen molar-refractivity contribution < 1.29 is 0 Å². The van der Waals surface area contributed by atoms with Gasteiger partial charge in [-0.3, -0.25) is 0 Å². The summed E-state index contributed by atoms with van der Waals surface area (Å²) >= 11 is 0. The molecule has 70 valence electrons. The first-order chi connectivity index (χ1) is 5.51. The normalized spacial score (nSPS) is 33.9. The van der Waals surface area contributed by atoms with E-state index in [1.807, 2.05) is 0 Å². The van der Waals surface area contributed by atoms with Gasteiger partial charge in [-0.15, -0.1) is 0 Å². The van der Waals surface area contributed by atoms with Gasteiger partial charge in [-0.2, -0.15) is 0 Å². The molecule has 1 heteroatoms. The van der Waals surface area contributed by atoms with E-state index < -0.39 is 0 Å². The molecule has 0 saturated carbocycles. The van der Waals surface area contributed by atoms with Gasteiger partial charge in [-0.1, -0.05) is 39.3 Å². The van der Waals surface area contributed by atoms with Crippen molar-refractivity contribution in [2.24, 2.45) is 5.92 Å². The Kier molecular flexibility index (Phi) is 2.62. The second-order valence-corrected chi connectivity index (χ2v) is 4.47. The van der Waals surface area contributed by atoms with Gasteiger partial charge < -0.3 is 5.32 Å². The van der Waals surface area contributed by atoms with E-state index in [4.69, 9.17) is 0 Å². The molecule has 1 aliphatic heterocycles. The SMILES string of the molecule is C=C(C(C)C)C1NC1(C)CCC. The van der Waals surface area contributed by atoms with Crippen molar-refractivity contribution in [2.45, 2.75) is 52.1 Å². The van der Waals surface area contributed by atoms with E-state index in [1.54, 1.807) is 0 Å². The first kappa shape index (κ1) is 9.79. The summed E-state index contributed by atoms with van der Waals surface area (Å²) in [7, 11) is 0. The summed E-state index contributed by atoms with van der Waals surface area (Å²) in [5.74, 6) is 0.612. The Hall–Kier alpha value is -0.300. The van der Waals surface area contributed by atoms with Crippen LogP contribution < -0.4 is 5.32 Å². The Morgan fingerprint density at radius 2 is 2.17 bits per heavy atom. The van der Waals surface area contributed by atoms with Crippen molar-refractivity contribution >= 4 is 0 Å². The predicted octanol–water partition coefficient (Wildman–Crippen LogP) is 2.73. The van der Waals surface area contributed by atoms with Crippen LogP contribution in [0.5, 0.6) is 0 Å². The highest BCUT2D eigenvalue weighted by Gasteiger charge is 2.49. The molecule has 0 radical (unpaired) electrons. The summed E-state index contributed by atoms with van der Waals surface area (Å²) in [5, 5.41) is 3.53. The lowest BCUT2D eigenvalue weighted by molar-refractivity contribution is 0.587. The smallest absolute Gasteiger partial charge is 0.0466 e. The summed E-state index contributed by atoms with van der Waals surface area (Å²) in [6.07, 6.45) is 2.52. The molecule has 12 heavy (non-hydrogen) atoms. The van der Waals surface area contributed by atoms with Crippen LogP contribution in [0.25, 0.3) is 0 Å². The lowest BCUT2D eigenvalue weighted by Crippen LogP contribution is -2.13. The standard InChI is InChI=1S/C11H21N/c1-6-7-11(5)10(12-11)9(4)8(2)3/h8,10,12H,4,6-7H2,1-3,5H3. The minimum atomic E-state index is 0.371. The number of hydrogen-bond acceptors (Lipinski definition) is 1. The summed E-state index contributed by atoms with van der Waals surface area (Å²) < 4.78 is 0. The van der Waals surface area contributed by atoms with Gasteiger partial charge in [-0.05, 0) is 19.3 Å². The van der Waals surface area contributed by atoms with Crippen LogP contribution in [0.15, 0.2) is 12.2 Å². The molecule has 0 bridgehead atoms. The summed E-state index contributed by atoms with van der Waals surface area (Å²) in [4.78, 5) is 0. The minimum Gasteiger partial charge on any atom is -0.301 e. The Labute approximate surface area is 76.2 Å². The zero-order chi connectivity index (χ0) is 9.35. The highest BCUT2D eigenvalue weighted by Crippen LogP contribution is 2.37. The van der Waals surface area contributed by atoms with Gasteiger partial charge in [0.25, 0.3) is 0 Å². The summed E-state index contributed by atoms with van der Waals surface area (Å²) in [6, 6.07) is 0.581. The van der Waals surface area contributed by atoms with Crippen LogP contribution in [-0.2, 0) is 0 Å². The van der Waals surface area contributed by atoms with Crippen LogP contribution >= 0.6 is 0 Å². The summed E-state index contributed by atoms with van der Waals surface area (Å²) in [5.41, 5.74) is 1.74. The van der Waals surface area contributed by atoms with E-state index in [1.165, 1.54) is 18.4 Å². The van der Waals surface area contributed by atoms with E-state index in [-0.39, 0.29) is 0 Å². The Morgan fingerprint density at radius 1 is 1.58 bits per heavy atom. The maximum absolute atomic E-state index is 4.13. The van der Waals surface area contributed by atoms with Gasteiger partial charge in [0.2, 0.25) is 0 Å². The first-order valence-corrected chi connectivity index (χ1v) is 4.97. The van der Waals surface area contributed by atoms with Crippen molar-refractivity contribution in [1.29, 1.82) is 0 Å². The quantitative estimate of drug-likeness (QED) is 0.504. The lowest BCUT2D eigenvalue weighted by atomic mass is 9.92. The fraction of sp³-hybridized carbons (Fsp3) is 0.818. The fourth-order valence-electron chi connectivity index (χ4n) is 1.86. The number of rotatable bonds is 4. The van der Waals surface area contributed by atoms with Gasteiger partial charge in [0.15, 0.2) is 0 Å². The maximum atomic E-state index is 4.13. The van der Waals surface area contributed by atoms with Crippen LogP contribution in [0.4, 0.5) is 0 Å². The molecule has 0 aliphatic carbocycles. The van der Waals surface area contributed by atoms with E-state index in [0.29, 0.717) is 17.5 Å². The second kappa shape index (κ2) is 3.21. The molecule has 2 unspecified atom stereocenters. The second-order valence-electron chi connectivity index (χ2n) is 4.47. The van der Waals surface area contributed by atoms with Crippen molar-refractivity contribution in [2.75, 3.05) is 0 Å². The average molecular weight is 167 g/mol.